The Morgan fingerprint density at radius 3 is 2.90 bits per heavy atom. The highest BCUT2D eigenvalue weighted by Gasteiger charge is 2.12. The van der Waals surface area contributed by atoms with Crippen molar-refractivity contribution in [3.63, 3.8) is 0 Å². The zero-order valence-electron chi connectivity index (χ0n) is 11.5. The molecule has 5 heteroatoms. The van der Waals surface area contributed by atoms with Crippen LogP contribution in [0.1, 0.15) is 17.5 Å². The van der Waals surface area contributed by atoms with Crippen LogP contribution in [0, 0.1) is 0 Å². The molecule has 0 fully saturated rings. The van der Waals surface area contributed by atoms with E-state index in [9.17, 15) is 0 Å². The van der Waals surface area contributed by atoms with Crippen molar-refractivity contribution in [2.75, 3.05) is 0 Å². The second kappa shape index (κ2) is 5.93. The molecule has 2 aromatic carbocycles. The molecule has 0 atom stereocenters. The van der Waals surface area contributed by atoms with E-state index in [2.05, 4.69) is 10.1 Å². The van der Waals surface area contributed by atoms with Gasteiger partial charge in [0.2, 0.25) is 0 Å². The molecule has 0 saturated heterocycles. The fourth-order valence-corrected chi connectivity index (χ4v) is 2.72. The summed E-state index contributed by atoms with van der Waals surface area (Å²) in [6.07, 6.45) is 1.76. The maximum absolute atomic E-state index is 9.06. The number of oxime groups is 1. The molecular formula is C16H14N2O2S. The van der Waals surface area contributed by atoms with Gasteiger partial charge >= 0.3 is 0 Å². The van der Waals surface area contributed by atoms with Crippen LogP contribution in [0.2, 0.25) is 0 Å². The third kappa shape index (κ3) is 2.73. The van der Waals surface area contributed by atoms with Crippen LogP contribution in [0.15, 0.2) is 53.1 Å². The van der Waals surface area contributed by atoms with E-state index in [1.54, 1.807) is 24.5 Å². The molecule has 4 nitrogen and oxygen atoms in total. The first-order chi connectivity index (χ1) is 10.3. The molecule has 0 spiro atoms. The molecule has 106 valence electrons. The van der Waals surface area contributed by atoms with Gasteiger partial charge in [-0.3, -0.25) is 0 Å². The van der Waals surface area contributed by atoms with Gasteiger partial charge in [0, 0.05) is 22.5 Å². The maximum atomic E-state index is 9.06. The van der Waals surface area contributed by atoms with Gasteiger partial charge < -0.3 is 9.94 Å². The number of hydrogen-bond acceptors (Lipinski definition) is 5. The van der Waals surface area contributed by atoms with Crippen LogP contribution in [0.25, 0.3) is 10.8 Å². The predicted octanol–water partition coefficient (Wildman–Crippen LogP) is 4.07. The molecule has 0 aliphatic heterocycles. The van der Waals surface area contributed by atoms with Crippen molar-refractivity contribution < 1.29 is 9.94 Å². The van der Waals surface area contributed by atoms with Crippen LogP contribution in [-0.4, -0.2) is 15.9 Å². The lowest BCUT2D eigenvalue weighted by molar-refractivity contribution is 0.306. The summed E-state index contributed by atoms with van der Waals surface area (Å²) < 4.78 is 5.97. The van der Waals surface area contributed by atoms with E-state index in [1.807, 2.05) is 41.8 Å². The zero-order valence-corrected chi connectivity index (χ0v) is 12.3. The van der Waals surface area contributed by atoms with Crippen LogP contribution in [0.5, 0.6) is 5.75 Å². The lowest BCUT2D eigenvalue weighted by Gasteiger charge is -2.13. The smallest absolute Gasteiger partial charge is 0.140 e. The van der Waals surface area contributed by atoms with Crippen LogP contribution in [0.4, 0.5) is 0 Å². The average Bonchev–Trinajstić information content (AvgIpc) is 3.05. The van der Waals surface area contributed by atoms with E-state index in [4.69, 9.17) is 9.94 Å². The highest BCUT2D eigenvalue weighted by atomic mass is 32.1. The molecule has 0 aliphatic carbocycles. The number of thiazole rings is 1. The van der Waals surface area contributed by atoms with Crippen molar-refractivity contribution in [1.29, 1.82) is 0 Å². The first kappa shape index (κ1) is 13.6. The monoisotopic (exact) mass is 298 g/mol. The predicted molar refractivity (Wildman–Crippen MR) is 84.4 cm³/mol. The van der Waals surface area contributed by atoms with E-state index >= 15 is 0 Å². The minimum absolute atomic E-state index is 0.400. The molecule has 0 aliphatic rings. The fourth-order valence-electron chi connectivity index (χ4n) is 2.20. The average molecular weight is 298 g/mol. The molecule has 0 radical (unpaired) electrons. The van der Waals surface area contributed by atoms with Gasteiger partial charge in [-0.15, -0.1) is 11.3 Å². The largest absolute Gasteiger partial charge is 0.485 e. The third-order valence-corrected chi connectivity index (χ3v) is 4.00. The number of fused-ring (bicyclic) bond motifs is 1. The minimum atomic E-state index is 0.400. The van der Waals surface area contributed by atoms with Gasteiger partial charge in [0.05, 0.1) is 5.71 Å². The number of benzene rings is 2. The standard InChI is InChI=1S/C16H14N2O2S/c1-11(18-19)13-7-6-12-4-2-3-5-14(12)16(13)20-10-15-17-8-9-21-15/h2-9,19H,10H2,1H3/b18-11-. The molecule has 1 aromatic heterocycles. The second-order valence-electron chi connectivity index (χ2n) is 4.56. The summed E-state index contributed by atoms with van der Waals surface area (Å²) in [5.41, 5.74) is 1.31. The van der Waals surface area contributed by atoms with Crippen molar-refractivity contribution >= 4 is 27.8 Å². The molecule has 0 amide bonds. The topological polar surface area (TPSA) is 54.7 Å². The Balaban J connectivity index is 2.07. The normalized spacial score (nSPS) is 11.8. The number of nitrogens with zero attached hydrogens (tertiary/aromatic N) is 2. The van der Waals surface area contributed by atoms with Gasteiger partial charge in [-0.05, 0) is 18.4 Å². The van der Waals surface area contributed by atoms with Crippen molar-refractivity contribution in [3.05, 3.63) is 58.5 Å². The molecular weight excluding hydrogens is 284 g/mol. The van der Waals surface area contributed by atoms with E-state index < -0.39 is 0 Å². The lowest BCUT2D eigenvalue weighted by atomic mass is 10.0. The molecule has 0 saturated carbocycles. The van der Waals surface area contributed by atoms with Gasteiger partial charge in [0.1, 0.15) is 17.4 Å². The SMILES string of the molecule is C/C(=N/O)c1ccc2ccccc2c1OCc1nccs1. The zero-order chi connectivity index (χ0) is 14.7. The quantitative estimate of drug-likeness (QED) is 0.449. The Labute approximate surface area is 126 Å². The molecule has 3 aromatic rings. The highest BCUT2D eigenvalue weighted by Crippen LogP contribution is 2.31. The first-order valence-corrected chi connectivity index (χ1v) is 7.39. The second-order valence-corrected chi connectivity index (χ2v) is 5.54. The van der Waals surface area contributed by atoms with Gasteiger partial charge in [0.25, 0.3) is 0 Å². The Kier molecular flexibility index (Phi) is 3.83. The lowest BCUT2D eigenvalue weighted by Crippen LogP contribution is -2.03. The van der Waals surface area contributed by atoms with E-state index in [-0.39, 0.29) is 0 Å². The Morgan fingerprint density at radius 2 is 2.14 bits per heavy atom. The maximum Gasteiger partial charge on any atom is 0.140 e. The fraction of sp³-hybridized carbons (Fsp3) is 0.125. The molecule has 3 rings (SSSR count). The first-order valence-electron chi connectivity index (χ1n) is 6.51. The van der Waals surface area contributed by atoms with Gasteiger partial charge in [0.15, 0.2) is 0 Å². The number of rotatable bonds is 4. The molecule has 0 bridgehead atoms. The number of hydrogen-bond donors (Lipinski definition) is 1. The van der Waals surface area contributed by atoms with Crippen LogP contribution < -0.4 is 4.74 Å². The van der Waals surface area contributed by atoms with Gasteiger partial charge in [-0.1, -0.05) is 35.5 Å². The number of aromatic nitrogens is 1. The van der Waals surface area contributed by atoms with E-state index in [0.29, 0.717) is 12.3 Å². The van der Waals surface area contributed by atoms with Crippen LogP contribution >= 0.6 is 11.3 Å². The van der Waals surface area contributed by atoms with Crippen LogP contribution in [0.3, 0.4) is 0 Å². The van der Waals surface area contributed by atoms with Gasteiger partial charge in [-0.25, -0.2) is 4.98 Å². The summed E-state index contributed by atoms with van der Waals surface area (Å²) in [6.45, 7) is 2.15. The Hall–Kier alpha value is -2.40. The van der Waals surface area contributed by atoms with Crippen molar-refractivity contribution in [3.8, 4) is 5.75 Å². The minimum Gasteiger partial charge on any atom is -0.485 e. The van der Waals surface area contributed by atoms with E-state index in [0.717, 1.165) is 27.1 Å². The molecule has 1 N–H and O–H groups in total. The summed E-state index contributed by atoms with van der Waals surface area (Å²) >= 11 is 1.55. The van der Waals surface area contributed by atoms with Crippen molar-refractivity contribution in [2.45, 2.75) is 13.5 Å². The summed E-state index contributed by atoms with van der Waals surface area (Å²) in [5, 5.41) is 17.3. The Morgan fingerprint density at radius 1 is 1.29 bits per heavy atom. The van der Waals surface area contributed by atoms with Crippen molar-refractivity contribution in [1.82, 2.24) is 4.98 Å². The highest BCUT2D eigenvalue weighted by molar-refractivity contribution is 7.09. The molecule has 1 heterocycles. The van der Waals surface area contributed by atoms with E-state index in [1.165, 1.54) is 0 Å². The molecule has 21 heavy (non-hydrogen) atoms. The van der Waals surface area contributed by atoms with Crippen LogP contribution in [-0.2, 0) is 6.61 Å². The Bertz CT molecular complexity index is 782. The van der Waals surface area contributed by atoms with Crippen molar-refractivity contribution in [2.24, 2.45) is 5.16 Å². The van der Waals surface area contributed by atoms with Gasteiger partial charge in [-0.2, -0.15) is 0 Å². The summed E-state index contributed by atoms with van der Waals surface area (Å²) in [6, 6.07) is 11.9. The molecule has 0 unspecified atom stereocenters. The summed E-state index contributed by atoms with van der Waals surface area (Å²) in [7, 11) is 0. The third-order valence-electron chi connectivity index (χ3n) is 3.24. The summed E-state index contributed by atoms with van der Waals surface area (Å²) in [4.78, 5) is 4.22. The number of ether oxygens (including phenoxy) is 1. The summed E-state index contributed by atoms with van der Waals surface area (Å²) in [5.74, 6) is 0.721.